The van der Waals surface area contributed by atoms with Crippen LogP contribution in [0.1, 0.15) is 33.3 Å². The van der Waals surface area contributed by atoms with Gasteiger partial charge in [0.2, 0.25) is 0 Å². The van der Waals surface area contributed by atoms with Gasteiger partial charge in [0, 0.05) is 10.6 Å². The van der Waals surface area contributed by atoms with Crippen molar-refractivity contribution >= 4 is 28.3 Å². The van der Waals surface area contributed by atoms with Gasteiger partial charge in [0.1, 0.15) is 16.7 Å². The highest BCUT2D eigenvalue weighted by atomic mass is 35.5. The van der Waals surface area contributed by atoms with Crippen molar-refractivity contribution < 1.29 is 9.32 Å². The van der Waals surface area contributed by atoms with Crippen LogP contribution in [0.2, 0.25) is 5.02 Å². The van der Waals surface area contributed by atoms with Crippen molar-refractivity contribution in [2.75, 3.05) is 0 Å². The van der Waals surface area contributed by atoms with Crippen LogP contribution >= 0.6 is 11.6 Å². The van der Waals surface area contributed by atoms with Gasteiger partial charge in [0.15, 0.2) is 0 Å². The molecule has 0 aromatic heterocycles. The molecule has 5 heteroatoms. The number of nitrogens with zero attached hydrogens (tertiary/aromatic N) is 1. The quantitative estimate of drug-likeness (QED) is 0.841. The molecule has 17 heavy (non-hydrogen) atoms. The number of hydrogen-bond donors (Lipinski definition) is 1. The van der Waals surface area contributed by atoms with Crippen molar-refractivity contribution in [2.24, 2.45) is 4.40 Å². The summed E-state index contributed by atoms with van der Waals surface area (Å²) in [7, 11) is -1.34. The van der Waals surface area contributed by atoms with E-state index in [-0.39, 0.29) is 5.75 Å². The molecule has 0 saturated heterocycles. The molecule has 0 heterocycles. The number of rotatable bonds is 2. The molecule has 0 spiro atoms. The molecule has 1 rings (SSSR count). The lowest BCUT2D eigenvalue weighted by molar-refractivity contribution is 0.474. The third kappa shape index (κ3) is 3.82. The first-order chi connectivity index (χ1) is 7.71. The van der Waals surface area contributed by atoms with Crippen molar-refractivity contribution in [1.82, 2.24) is 0 Å². The van der Waals surface area contributed by atoms with Crippen LogP contribution in [0.4, 0.5) is 0 Å². The molecule has 0 fully saturated rings. The standard InChI is InChI=1S/C12H16ClNO2S/c1-8(14-17(16)12(2,3)4)10-6-5-9(13)7-11(10)15/h5-7,15H,1-4H3/b14-8-. The summed E-state index contributed by atoms with van der Waals surface area (Å²) in [6, 6.07) is 4.77. The fourth-order valence-corrected chi connectivity index (χ4v) is 1.91. The summed E-state index contributed by atoms with van der Waals surface area (Å²) in [6.07, 6.45) is 0. The fourth-order valence-electron chi connectivity index (χ4n) is 1.12. The lowest BCUT2D eigenvalue weighted by atomic mass is 10.1. The number of halogens is 1. The van der Waals surface area contributed by atoms with Crippen LogP contribution in [-0.4, -0.2) is 19.8 Å². The van der Waals surface area contributed by atoms with Gasteiger partial charge in [0.25, 0.3) is 0 Å². The van der Waals surface area contributed by atoms with Crippen LogP contribution in [0.5, 0.6) is 5.75 Å². The third-order valence-corrected chi connectivity index (χ3v) is 3.82. The van der Waals surface area contributed by atoms with E-state index in [2.05, 4.69) is 4.40 Å². The van der Waals surface area contributed by atoms with Crippen LogP contribution < -0.4 is 0 Å². The molecule has 0 aliphatic rings. The smallest absolute Gasteiger partial charge is 0.145 e. The molecule has 0 aliphatic heterocycles. The molecule has 0 bridgehead atoms. The first-order valence-corrected chi connectivity index (χ1v) is 6.66. The molecule has 0 amide bonds. The Labute approximate surface area is 109 Å². The van der Waals surface area contributed by atoms with Crippen LogP contribution in [0, 0.1) is 0 Å². The van der Waals surface area contributed by atoms with E-state index in [1.54, 1.807) is 19.1 Å². The maximum atomic E-state index is 11.8. The largest absolute Gasteiger partial charge is 0.507 e. The molecular weight excluding hydrogens is 258 g/mol. The predicted molar refractivity (Wildman–Crippen MR) is 73.2 cm³/mol. The third-order valence-electron chi connectivity index (χ3n) is 2.09. The molecule has 1 N–H and O–H groups in total. The van der Waals surface area contributed by atoms with E-state index >= 15 is 0 Å². The topological polar surface area (TPSA) is 49.7 Å². The molecule has 0 aliphatic carbocycles. The number of phenolic OH excluding ortho intramolecular Hbond substituents is 1. The van der Waals surface area contributed by atoms with Gasteiger partial charge in [0.05, 0.1) is 10.5 Å². The molecule has 94 valence electrons. The van der Waals surface area contributed by atoms with Crippen molar-refractivity contribution in [1.29, 1.82) is 0 Å². The summed E-state index contributed by atoms with van der Waals surface area (Å²) in [4.78, 5) is 0. The van der Waals surface area contributed by atoms with Gasteiger partial charge < -0.3 is 5.11 Å². The lowest BCUT2D eigenvalue weighted by Crippen LogP contribution is -2.20. The Morgan fingerprint density at radius 1 is 1.41 bits per heavy atom. The highest BCUT2D eigenvalue weighted by Crippen LogP contribution is 2.23. The van der Waals surface area contributed by atoms with Crippen molar-refractivity contribution in [3.05, 3.63) is 28.8 Å². The molecule has 1 aromatic rings. The van der Waals surface area contributed by atoms with Crippen molar-refractivity contribution in [2.45, 2.75) is 32.4 Å². The SMILES string of the molecule is C/C(=N/S(=O)C(C)(C)C)c1ccc(Cl)cc1O. The molecule has 1 unspecified atom stereocenters. The molecule has 1 atom stereocenters. The minimum atomic E-state index is -1.34. The first-order valence-electron chi connectivity index (χ1n) is 5.18. The average Bonchev–Trinajstić information content (AvgIpc) is 2.15. The van der Waals surface area contributed by atoms with Gasteiger partial charge in [-0.1, -0.05) is 11.6 Å². The van der Waals surface area contributed by atoms with Crippen LogP contribution in [0.15, 0.2) is 22.6 Å². The van der Waals surface area contributed by atoms with E-state index in [0.29, 0.717) is 16.3 Å². The average molecular weight is 274 g/mol. The molecule has 1 aromatic carbocycles. The second-order valence-electron chi connectivity index (χ2n) is 4.70. The molecule has 0 radical (unpaired) electrons. The van der Waals surface area contributed by atoms with Crippen LogP contribution in [0.3, 0.4) is 0 Å². The minimum absolute atomic E-state index is 0.0460. The number of hydrogen-bond acceptors (Lipinski definition) is 2. The highest BCUT2D eigenvalue weighted by Gasteiger charge is 2.19. The second-order valence-corrected chi connectivity index (χ2v) is 7.04. The van der Waals surface area contributed by atoms with E-state index in [1.165, 1.54) is 6.07 Å². The number of phenols is 1. The zero-order valence-corrected chi connectivity index (χ0v) is 11.9. The second kappa shape index (κ2) is 5.19. The first kappa shape index (κ1) is 14.2. The van der Waals surface area contributed by atoms with Gasteiger partial charge in [-0.25, -0.2) is 4.21 Å². The van der Waals surface area contributed by atoms with Gasteiger partial charge in [-0.05, 0) is 45.9 Å². The number of benzene rings is 1. The van der Waals surface area contributed by atoms with Crippen molar-refractivity contribution in [3.63, 3.8) is 0 Å². The molecular formula is C12H16ClNO2S. The van der Waals surface area contributed by atoms with E-state index in [4.69, 9.17) is 11.6 Å². The maximum absolute atomic E-state index is 11.8. The van der Waals surface area contributed by atoms with Crippen LogP contribution in [0.25, 0.3) is 0 Å². The van der Waals surface area contributed by atoms with Crippen LogP contribution in [-0.2, 0) is 11.0 Å². The zero-order valence-electron chi connectivity index (χ0n) is 10.3. The van der Waals surface area contributed by atoms with E-state index in [1.807, 2.05) is 20.8 Å². The summed E-state index contributed by atoms with van der Waals surface area (Å²) < 4.78 is 15.5. The lowest BCUT2D eigenvalue weighted by Gasteiger charge is -2.14. The summed E-state index contributed by atoms with van der Waals surface area (Å²) in [5, 5.41) is 10.2. The van der Waals surface area contributed by atoms with E-state index in [9.17, 15) is 9.32 Å². The minimum Gasteiger partial charge on any atom is -0.507 e. The zero-order chi connectivity index (χ0) is 13.2. The predicted octanol–water partition coefficient (Wildman–Crippen LogP) is 3.32. The van der Waals surface area contributed by atoms with Gasteiger partial charge in [-0.3, -0.25) is 0 Å². The Morgan fingerprint density at radius 3 is 2.47 bits per heavy atom. The van der Waals surface area contributed by atoms with Gasteiger partial charge in [-0.2, -0.15) is 4.40 Å². The Morgan fingerprint density at radius 2 is 2.00 bits per heavy atom. The summed E-state index contributed by atoms with van der Waals surface area (Å²) in [6.45, 7) is 7.26. The molecule has 0 saturated carbocycles. The Kier molecular flexibility index (Phi) is 4.33. The Balaban J connectivity index is 3.09. The summed E-state index contributed by atoms with van der Waals surface area (Å²) in [5.74, 6) is 0.0460. The van der Waals surface area contributed by atoms with E-state index in [0.717, 1.165) is 0 Å². The highest BCUT2D eigenvalue weighted by molar-refractivity contribution is 7.85. The summed E-state index contributed by atoms with van der Waals surface area (Å²) >= 11 is 5.74. The Hall–Kier alpha value is -0.870. The van der Waals surface area contributed by atoms with Crippen molar-refractivity contribution in [3.8, 4) is 5.75 Å². The van der Waals surface area contributed by atoms with E-state index < -0.39 is 15.7 Å². The molecule has 3 nitrogen and oxygen atoms in total. The van der Waals surface area contributed by atoms with Gasteiger partial charge in [-0.15, -0.1) is 0 Å². The van der Waals surface area contributed by atoms with Gasteiger partial charge >= 0.3 is 0 Å². The summed E-state index contributed by atoms with van der Waals surface area (Å²) in [5.41, 5.74) is 1.08. The Bertz CT molecular complexity index is 478. The maximum Gasteiger partial charge on any atom is 0.145 e. The number of aromatic hydroxyl groups is 1. The fraction of sp³-hybridized carbons (Fsp3) is 0.417. The normalized spacial score (nSPS) is 14.8. The monoisotopic (exact) mass is 273 g/mol.